The van der Waals surface area contributed by atoms with Crippen LogP contribution in [0.15, 0.2) is 12.1 Å². The number of amides is 1. The summed E-state index contributed by atoms with van der Waals surface area (Å²) in [7, 11) is 1.83. The number of rotatable bonds is 5. The molecule has 4 heteroatoms. The van der Waals surface area contributed by atoms with Crippen molar-refractivity contribution in [1.29, 1.82) is 0 Å². The third-order valence-corrected chi connectivity index (χ3v) is 2.91. The first-order chi connectivity index (χ1) is 8.10. The van der Waals surface area contributed by atoms with Crippen LogP contribution in [0.3, 0.4) is 0 Å². The van der Waals surface area contributed by atoms with Gasteiger partial charge in [-0.25, -0.2) is 4.98 Å². The van der Waals surface area contributed by atoms with Gasteiger partial charge in [0.25, 0.3) is 5.91 Å². The van der Waals surface area contributed by atoms with Gasteiger partial charge in [0, 0.05) is 13.6 Å². The van der Waals surface area contributed by atoms with Crippen LogP contribution in [0.4, 0.5) is 0 Å². The van der Waals surface area contributed by atoms with E-state index in [9.17, 15) is 4.79 Å². The van der Waals surface area contributed by atoms with Gasteiger partial charge in [-0.3, -0.25) is 4.79 Å². The summed E-state index contributed by atoms with van der Waals surface area (Å²) >= 11 is 5.83. The summed E-state index contributed by atoms with van der Waals surface area (Å²) in [4.78, 5) is 18.1. The van der Waals surface area contributed by atoms with Crippen LogP contribution in [0.1, 0.15) is 42.7 Å². The minimum absolute atomic E-state index is 0.0273. The van der Waals surface area contributed by atoms with Crippen LogP contribution >= 0.6 is 11.6 Å². The largest absolute Gasteiger partial charge is 0.342 e. The average molecular weight is 255 g/mol. The first kappa shape index (κ1) is 14.0. The minimum atomic E-state index is 0.0273. The predicted octanol–water partition coefficient (Wildman–Crippen LogP) is 3.17. The molecule has 17 heavy (non-hydrogen) atoms. The van der Waals surface area contributed by atoms with Gasteiger partial charge in [0.05, 0.1) is 11.3 Å². The minimum Gasteiger partial charge on any atom is -0.342 e. The molecule has 0 aliphatic carbocycles. The highest BCUT2D eigenvalue weighted by Crippen LogP contribution is 2.14. The Kier molecular flexibility index (Phi) is 5.42. The molecule has 3 nitrogen and oxygen atoms in total. The van der Waals surface area contributed by atoms with Crippen molar-refractivity contribution in [3.63, 3.8) is 0 Å². The van der Waals surface area contributed by atoms with Crippen molar-refractivity contribution in [3.8, 4) is 0 Å². The fourth-order valence-corrected chi connectivity index (χ4v) is 1.81. The van der Waals surface area contributed by atoms with Crippen LogP contribution < -0.4 is 0 Å². The van der Waals surface area contributed by atoms with Crippen molar-refractivity contribution < 1.29 is 4.79 Å². The van der Waals surface area contributed by atoms with E-state index in [1.807, 2.05) is 14.0 Å². The highest BCUT2D eigenvalue weighted by Gasteiger charge is 2.15. The molecule has 1 heterocycles. The van der Waals surface area contributed by atoms with Crippen molar-refractivity contribution in [2.45, 2.75) is 33.1 Å². The van der Waals surface area contributed by atoms with E-state index >= 15 is 0 Å². The summed E-state index contributed by atoms with van der Waals surface area (Å²) < 4.78 is 0. The van der Waals surface area contributed by atoms with Crippen molar-refractivity contribution in [2.75, 3.05) is 13.6 Å². The van der Waals surface area contributed by atoms with Crippen LogP contribution in [-0.2, 0) is 6.42 Å². The Morgan fingerprint density at radius 2 is 2.12 bits per heavy atom. The number of nitrogens with zero attached hydrogens (tertiary/aromatic N) is 2. The maximum atomic E-state index is 12.2. The van der Waals surface area contributed by atoms with Gasteiger partial charge in [0.15, 0.2) is 0 Å². The van der Waals surface area contributed by atoms with E-state index < -0.39 is 0 Å². The smallest absolute Gasteiger partial charge is 0.255 e. The highest BCUT2D eigenvalue weighted by molar-refractivity contribution is 6.29. The SMILES string of the molecule is CCCCN(C)C(=O)c1ccc(Cl)nc1CC. The summed E-state index contributed by atoms with van der Waals surface area (Å²) in [6.45, 7) is 4.86. The molecule has 1 aromatic rings. The number of aryl methyl sites for hydroxylation is 1. The Balaban J connectivity index is 2.87. The number of carbonyl (C=O) groups is 1. The molecule has 0 saturated heterocycles. The molecule has 0 N–H and O–H groups in total. The second-order valence-electron chi connectivity index (χ2n) is 4.06. The van der Waals surface area contributed by atoms with Gasteiger partial charge in [0.1, 0.15) is 5.15 Å². The van der Waals surface area contributed by atoms with Gasteiger partial charge < -0.3 is 4.90 Å². The van der Waals surface area contributed by atoms with E-state index in [4.69, 9.17) is 11.6 Å². The average Bonchev–Trinajstić information content (AvgIpc) is 2.34. The van der Waals surface area contributed by atoms with E-state index in [-0.39, 0.29) is 5.91 Å². The van der Waals surface area contributed by atoms with Crippen LogP contribution in [0.2, 0.25) is 5.15 Å². The standard InChI is InChI=1S/C13H19ClN2O/c1-4-6-9-16(3)13(17)10-7-8-12(14)15-11(10)5-2/h7-8H,4-6,9H2,1-3H3. The van der Waals surface area contributed by atoms with Gasteiger partial charge in [-0.15, -0.1) is 0 Å². The van der Waals surface area contributed by atoms with Crippen molar-refractivity contribution >= 4 is 17.5 Å². The quantitative estimate of drug-likeness (QED) is 0.757. The first-order valence-electron chi connectivity index (χ1n) is 6.01. The highest BCUT2D eigenvalue weighted by atomic mass is 35.5. The molecule has 0 spiro atoms. The van der Waals surface area contributed by atoms with E-state index in [1.54, 1.807) is 17.0 Å². The van der Waals surface area contributed by atoms with Crippen LogP contribution in [0.25, 0.3) is 0 Å². The third kappa shape index (κ3) is 3.70. The van der Waals surface area contributed by atoms with Crippen LogP contribution in [0, 0.1) is 0 Å². The number of aromatic nitrogens is 1. The number of pyridine rings is 1. The lowest BCUT2D eigenvalue weighted by atomic mass is 10.1. The van der Waals surface area contributed by atoms with Crippen molar-refractivity contribution in [2.24, 2.45) is 0 Å². The van der Waals surface area contributed by atoms with Gasteiger partial charge in [-0.05, 0) is 25.0 Å². The van der Waals surface area contributed by atoms with Gasteiger partial charge in [-0.2, -0.15) is 0 Å². The summed E-state index contributed by atoms with van der Waals surface area (Å²) in [5.41, 5.74) is 1.43. The molecule has 0 bridgehead atoms. The maximum Gasteiger partial charge on any atom is 0.255 e. The normalized spacial score (nSPS) is 10.4. The first-order valence-corrected chi connectivity index (χ1v) is 6.38. The molecule has 1 amide bonds. The number of unbranched alkanes of at least 4 members (excludes halogenated alkanes) is 1. The lowest BCUT2D eigenvalue weighted by Crippen LogP contribution is -2.28. The number of carbonyl (C=O) groups excluding carboxylic acids is 1. The summed E-state index contributed by atoms with van der Waals surface area (Å²) in [6, 6.07) is 3.43. The Bertz CT molecular complexity index is 393. The van der Waals surface area contributed by atoms with Crippen LogP contribution in [-0.4, -0.2) is 29.4 Å². The van der Waals surface area contributed by atoms with Crippen LogP contribution in [0.5, 0.6) is 0 Å². The predicted molar refractivity (Wildman–Crippen MR) is 70.5 cm³/mol. The summed E-state index contributed by atoms with van der Waals surface area (Å²) in [6.07, 6.45) is 2.81. The Morgan fingerprint density at radius 3 is 2.71 bits per heavy atom. The topological polar surface area (TPSA) is 33.2 Å². The molecule has 0 unspecified atom stereocenters. The van der Waals surface area contributed by atoms with E-state index in [0.29, 0.717) is 17.1 Å². The second kappa shape index (κ2) is 6.60. The Hall–Kier alpha value is -1.09. The second-order valence-corrected chi connectivity index (χ2v) is 4.45. The monoisotopic (exact) mass is 254 g/mol. The molecule has 0 aromatic carbocycles. The fourth-order valence-electron chi connectivity index (χ4n) is 1.64. The lowest BCUT2D eigenvalue weighted by molar-refractivity contribution is 0.0791. The molecule has 0 fully saturated rings. The molecular weight excluding hydrogens is 236 g/mol. The van der Waals surface area contributed by atoms with Crippen molar-refractivity contribution in [3.05, 3.63) is 28.5 Å². The molecule has 1 rings (SSSR count). The molecule has 94 valence electrons. The molecule has 0 aliphatic heterocycles. The Morgan fingerprint density at radius 1 is 1.41 bits per heavy atom. The number of hydrogen-bond acceptors (Lipinski definition) is 2. The zero-order chi connectivity index (χ0) is 12.8. The number of hydrogen-bond donors (Lipinski definition) is 0. The lowest BCUT2D eigenvalue weighted by Gasteiger charge is -2.18. The van der Waals surface area contributed by atoms with E-state index in [1.165, 1.54) is 0 Å². The molecule has 0 atom stereocenters. The van der Waals surface area contributed by atoms with E-state index in [2.05, 4.69) is 11.9 Å². The van der Waals surface area contributed by atoms with Gasteiger partial charge >= 0.3 is 0 Å². The summed E-state index contributed by atoms with van der Waals surface area (Å²) in [5, 5.41) is 0.439. The summed E-state index contributed by atoms with van der Waals surface area (Å²) in [5.74, 6) is 0.0273. The number of halogens is 1. The molecule has 0 aliphatic rings. The van der Waals surface area contributed by atoms with Gasteiger partial charge in [0.2, 0.25) is 0 Å². The Labute approximate surface area is 108 Å². The molecule has 1 aromatic heterocycles. The van der Waals surface area contributed by atoms with E-state index in [0.717, 1.165) is 25.1 Å². The molecule has 0 saturated carbocycles. The zero-order valence-electron chi connectivity index (χ0n) is 10.7. The molecular formula is C13H19ClN2O. The molecule has 0 radical (unpaired) electrons. The maximum absolute atomic E-state index is 12.2. The third-order valence-electron chi connectivity index (χ3n) is 2.70. The van der Waals surface area contributed by atoms with Crippen molar-refractivity contribution in [1.82, 2.24) is 9.88 Å². The fraction of sp³-hybridized carbons (Fsp3) is 0.538. The van der Waals surface area contributed by atoms with Gasteiger partial charge in [-0.1, -0.05) is 31.9 Å². The zero-order valence-corrected chi connectivity index (χ0v) is 11.4.